The SMILES string of the molecule is O=C(N[C@@H](c1ccccc1)c1ccncc1)[C@H]1CC(c2ccc(Cl)s2)=NO1. The van der Waals surface area contributed by atoms with Gasteiger partial charge in [0.1, 0.15) is 5.71 Å². The molecule has 0 bridgehead atoms. The van der Waals surface area contributed by atoms with Crippen molar-refractivity contribution in [2.75, 3.05) is 0 Å². The van der Waals surface area contributed by atoms with Crippen LogP contribution in [-0.4, -0.2) is 22.7 Å². The molecule has 0 spiro atoms. The second kappa shape index (κ2) is 7.90. The molecule has 0 radical (unpaired) electrons. The number of nitrogens with zero attached hydrogens (tertiary/aromatic N) is 2. The first-order valence-electron chi connectivity index (χ1n) is 8.44. The van der Waals surface area contributed by atoms with E-state index in [2.05, 4.69) is 15.5 Å². The summed E-state index contributed by atoms with van der Waals surface area (Å²) in [6.07, 6.45) is 3.19. The minimum absolute atomic E-state index is 0.206. The zero-order valence-electron chi connectivity index (χ0n) is 14.2. The van der Waals surface area contributed by atoms with Gasteiger partial charge in [-0.3, -0.25) is 9.78 Å². The third-order valence-corrected chi connectivity index (χ3v) is 5.56. The van der Waals surface area contributed by atoms with Crippen LogP contribution in [0.25, 0.3) is 0 Å². The van der Waals surface area contributed by atoms with Gasteiger partial charge in [0, 0.05) is 18.8 Å². The van der Waals surface area contributed by atoms with Crippen LogP contribution < -0.4 is 5.32 Å². The maximum absolute atomic E-state index is 12.8. The highest BCUT2D eigenvalue weighted by Gasteiger charge is 2.31. The van der Waals surface area contributed by atoms with Crippen molar-refractivity contribution in [3.63, 3.8) is 0 Å². The lowest BCUT2D eigenvalue weighted by Crippen LogP contribution is -2.37. The second-order valence-electron chi connectivity index (χ2n) is 6.07. The monoisotopic (exact) mass is 397 g/mol. The quantitative estimate of drug-likeness (QED) is 0.701. The summed E-state index contributed by atoms with van der Waals surface area (Å²) >= 11 is 7.40. The van der Waals surface area contributed by atoms with Gasteiger partial charge in [0.2, 0.25) is 6.10 Å². The van der Waals surface area contributed by atoms with Gasteiger partial charge in [-0.05, 0) is 35.4 Å². The van der Waals surface area contributed by atoms with E-state index in [0.717, 1.165) is 21.7 Å². The largest absolute Gasteiger partial charge is 0.382 e. The number of oxime groups is 1. The summed E-state index contributed by atoms with van der Waals surface area (Å²) in [4.78, 5) is 23.2. The number of carbonyl (C=O) groups excluding carboxylic acids is 1. The summed E-state index contributed by atoms with van der Waals surface area (Å²) in [5.74, 6) is -0.206. The molecule has 0 unspecified atom stereocenters. The summed E-state index contributed by atoms with van der Waals surface area (Å²) in [5.41, 5.74) is 2.68. The van der Waals surface area contributed by atoms with Gasteiger partial charge in [0.05, 0.1) is 15.3 Å². The molecule has 1 aromatic carbocycles. The van der Waals surface area contributed by atoms with Crippen LogP contribution in [0.1, 0.15) is 28.5 Å². The fourth-order valence-electron chi connectivity index (χ4n) is 2.93. The Balaban J connectivity index is 1.50. The Morgan fingerprint density at radius 2 is 1.85 bits per heavy atom. The molecule has 0 saturated heterocycles. The number of pyridine rings is 1. The molecule has 3 heterocycles. The number of benzene rings is 1. The van der Waals surface area contributed by atoms with Crippen LogP contribution in [0.3, 0.4) is 0 Å². The summed E-state index contributed by atoms with van der Waals surface area (Å²) < 4.78 is 0.683. The van der Waals surface area contributed by atoms with E-state index >= 15 is 0 Å². The Kier molecular flexibility index (Phi) is 5.18. The molecule has 5 nitrogen and oxygen atoms in total. The summed E-state index contributed by atoms with van der Waals surface area (Å²) in [6.45, 7) is 0. The van der Waals surface area contributed by atoms with Crippen molar-refractivity contribution >= 4 is 34.6 Å². The number of thiophene rings is 1. The lowest BCUT2D eigenvalue weighted by Gasteiger charge is -2.21. The highest BCUT2D eigenvalue weighted by molar-refractivity contribution is 7.18. The van der Waals surface area contributed by atoms with E-state index in [1.807, 2.05) is 54.6 Å². The van der Waals surface area contributed by atoms with Crippen molar-refractivity contribution in [2.45, 2.75) is 18.6 Å². The molecule has 0 aliphatic carbocycles. The predicted molar refractivity (Wildman–Crippen MR) is 106 cm³/mol. The third-order valence-electron chi connectivity index (χ3n) is 4.28. The zero-order chi connectivity index (χ0) is 18.6. The number of aromatic nitrogens is 1. The molecule has 136 valence electrons. The van der Waals surface area contributed by atoms with Gasteiger partial charge in [-0.2, -0.15) is 0 Å². The average molecular weight is 398 g/mol. The van der Waals surface area contributed by atoms with E-state index in [1.54, 1.807) is 12.4 Å². The van der Waals surface area contributed by atoms with E-state index in [4.69, 9.17) is 16.4 Å². The van der Waals surface area contributed by atoms with Crippen LogP contribution in [0.2, 0.25) is 4.34 Å². The molecule has 1 amide bonds. The topological polar surface area (TPSA) is 63.6 Å². The molecule has 3 aromatic rings. The maximum Gasteiger partial charge on any atom is 0.265 e. The Hall–Kier alpha value is -2.70. The second-order valence-corrected chi connectivity index (χ2v) is 7.79. The van der Waals surface area contributed by atoms with E-state index in [1.165, 1.54) is 11.3 Å². The van der Waals surface area contributed by atoms with Gasteiger partial charge < -0.3 is 10.2 Å². The maximum atomic E-state index is 12.8. The molecule has 2 atom stereocenters. The molecule has 1 aliphatic rings. The van der Waals surface area contributed by atoms with E-state index in [0.29, 0.717) is 10.8 Å². The lowest BCUT2D eigenvalue weighted by molar-refractivity contribution is -0.131. The first kappa shape index (κ1) is 17.7. The summed E-state index contributed by atoms with van der Waals surface area (Å²) in [5, 5.41) is 7.15. The normalized spacial score (nSPS) is 17.1. The van der Waals surface area contributed by atoms with Crippen molar-refractivity contribution in [1.29, 1.82) is 0 Å². The average Bonchev–Trinajstić information content (AvgIpc) is 3.36. The van der Waals surface area contributed by atoms with E-state index in [9.17, 15) is 4.79 Å². The van der Waals surface area contributed by atoms with Crippen molar-refractivity contribution in [2.24, 2.45) is 5.16 Å². The van der Waals surface area contributed by atoms with Crippen molar-refractivity contribution in [1.82, 2.24) is 10.3 Å². The molecular formula is C20H16ClN3O2S. The number of carbonyl (C=O) groups is 1. The minimum Gasteiger partial charge on any atom is -0.382 e. The first-order valence-corrected chi connectivity index (χ1v) is 9.64. The van der Waals surface area contributed by atoms with Crippen molar-refractivity contribution < 1.29 is 9.63 Å². The molecule has 0 fully saturated rings. The molecule has 4 rings (SSSR count). The number of amides is 1. The van der Waals surface area contributed by atoms with E-state index in [-0.39, 0.29) is 11.9 Å². The van der Waals surface area contributed by atoms with E-state index < -0.39 is 6.10 Å². The number of hydrogen-bond acceptors (Lipinski definition) is 5. The van der Waals surface area contributed by atoms with Crippen LogP contribution in [0.15, 0.2) is 72.1 Å². The zero-order valence-corrected chi connectivity index (χ0v) is 15.8. The van der Waals surface area contributed by atoms with Gasteiger partial charge in [-0.1, -0.05) is 47.1 Å². The standard InChI is InChI=1S/C20H16ClN3O2S/c21-18-7-6-17(27-18)15-12-16(26-24-15)20(25)23-19(13-4-2-1-3-5-13)14-8-10-22-11-9-14/h1-11,16,19H,12H2,(H,23,25)/t16-,19+/m1/s1. The molecule has 1 N–H and O–H groups in total. The molecule has 2 aromatic heterocycles. The van der Waals surface area contributed by atoms with Gasteiger partial charge >= 0.3 is 0 Å². The third kappa shape index (κ3) is 4.02. The molecule has 0 saturated carbocycles. The molecule has 27 heavy (non-hydrogen) atoms. The fraction of sp³-hybridized carbons (Fsp3) is 0.150. The van der Waals surface area contributed by atoms with Crippen LogP contribution >= 0.6 is 22.9 Å². The summed E-state index contributed by atoms with van der Waals surface area (Å²) in [6, 6.07) is 17.0. The Morgan fingerprint density at radius 3 is 2.56 bits per heavy atom. The predicted octanol–water partition coefficient (Wildman–Crippen LogP) is 4.20. The Morgan fingerprint density at radius 1 is 1.11 bits per heavy atom. The highest BCUT2D eigenvalue weighted by atomic mass is 35.5. The molecule has 1 aliphatic heterocycles. The Labute approximate surface area is 165 Å². The number of hydrogen-bond donors (Lipinski definition) is 1. The Bertz CT molecular complexity index is 920. The van der Waals surface area contributed by atoms with Gasteiger partial charge in [0.15, 0.2) is 0 Å². The summed E-state index contributed by atoms with van der Waals surface area (Å²) in [7, 11) is 0. The smallest absolute Gasteiger partial charge is 0.265 e. The molecule has 7 heteroatoms. The van der Waals surface area contributed by atoms with Gasteiger partial charge in [0.25, 0.3) is 5.91 Å². The van der Waals surface area contributed by atoms with Crippen molar-refractivity contribution in [3.8, 4) is 0 Å². The molecular weight excluding hydrogens is 382 g/mol. The lowest BCUT2D eigenvalue weighted by atomic mass is 9.99. The van der Waals surface area contributed by atoms with Crippen LogP contribution in [0.4, 0.5) is 0 Å². The van der Waals surface area contributed by atoms with Gasteiger partial charge in [-0.15, -0.1) is 11.3 Å². The fourth-order valence-corrected chi connectivity index (χ4v) is 3.96. The number of rotatable bonds is 5. The highest BCUT2D eigenvalue weighted by Crippen LogP contribution is 2.27. The van der Waals surface area contributed by atoms with Crippen LogP contribution in [0, 0.1) is 0 Å². The van der Waals surface area contributed by atoms with Gasteiger partial charge in [-0.25, -0.2) is 0 Å². The first-order chi connectivity index (χ1) is 13.2. The van der Waals surface area contributed by atoms with Crippen molar-refractivity contribution in [3.05, 3.63) is 87.3 Å². The number of halogens is 1. The minimum atomic E-state index is -0.658. The van der Waals surface area contributed by atoms with Crippen LogP contribution in [-0.2, 0) is 9.63 Å². The number of nitrogens with one attached hydrogen (secondary N) is 1. The van der Waals surface area contributed by atoms with Crippen LogP contribution in [0.5, 0.6) is 0 Å².